The Morgan fingerprint density at radius 3 is 2.48 bits per heavy atom. The molecule has 0 spiro atoms. The first-order chi connectivity index (χ1) is 11.9. The molecule has 0 saturated heterocycles. The predicted molar refractivity (Wildman–Crippen MR) is 94.6 cm³/mol. The van der Waals surface area contributed by atoms with Crippen molar-refractivity contribution in [3.8, 4) is 0 Å². The second kappa shape index (κ2) is 5.09. The zero-order valence-corrected chi connectivity index (χ0v) is 15.8. The summed E-state index contributed by atoms with van der Waals surface area (Å²) in [4.78, 5) is 12.2. The van der Waals surface area contributed by atoms with Crippen molar-refractivity contribution in [3.05, 3.63) is 0 Å². The van der Waals surface area contributed by atoms with Crippen LogP contribution in [-0.4, -0.2) is 23.2 Å². The molecular weight excluding hydrogens is 315 g/mol. The fourth-order valence-electron chi connectivity index (χ4n) is 8.82. The number of hydrogen-bond acceptors (Lipinski definition) is 2. The maximum absolute atomic E-state index is 14.6. The van der Waals surface area contributed by atoms with Crippen LogP contribution in [0, 0.1) is 46.3 Å². The van der Waals surface area contributed by atoms with Gasteiger partial charge in [-0.05, 0) is 99.7 Å². The van der Waals surface area contributed by atoms with E-state index in [4.69, 9.17) is 0 Å². The number of aliphatic hydroxyl groups is 1. The molecule has 0 aromatic carbocycles. The molecular formula is C22H33FO2. The number of carbonyl (C=O) groups is 1. The number of ketones is 1. The average molecular weight is 349 g/mol. The summed E-state index contributed by atoms with van der Waals surface area (Å²) in [5.74, 6) is 3.11. The SMILES string of the molecule is CC(=O)[C@H]1CCC2[C@@H]3CCC4C5C[C@@]5(O)CC[C@]4(CF)C3CC[C@@]21C. The second-order valence-electron chi connectivity index (χ2n) is 10.6. The molecule has 1 N–H and O–H groups in total. The van der Waals surface area contributed by atoms with Crippen LogP contribution in [0.1, 0.15) is 71.6 Å². The fourth-order valence-corrected chi connectivity index (χ4v) is 8.82. The number of hydrogen-bond donors (Lipinski definition) is 1. The highest BCUT2D eigenvalue weighted by Gasteiger charge is 2.70. The van der Waals surface area contributed by atoms with Gasteiger partial charge in [0, 0.05) is 11.3 Å². The van der Waals surface area contributed by atoms with Crippen LogP contribution in [0.3, 0.4) is 0 Å². The molecule has 0 aromatic rings. The van der Waals surface area contributed by atoms with E-state index in [2.05, 4.69) is 6.92 Å². The molecule has 0 aliphatic heterocycles. The van der Waals surface area contributed by atoms with E-state index >= 15 is 0 Å². The van der Waals surface area contributed by atoms with Gasteiger partial charge in [0.05, 0.1) is 12.3 Å². The van der Waals surface area contributed by atoms with Crippen LogP contribution in [0.4, 0.5) is 4.39 Å². The summed E-state index contributed by atoms with van der Waals surface area (Å²) >= 11 is 0. The molecule has 0 heterocycles. The quantitative estimate of drug-likeness (QED) is 0.795. The smallest absolute Gasteiger partial charge is 0.133 e. The Balaban J connectivity index is 1.47. The molecule has 4 unspecified atom stereocenters. The maximum atomic E-state index is 14.6. The van der Waals surface area contributed by atoms with Crippen LogP contribution in [0.15, 0.2) is 0 Å². The standard InChI is InChI=1S/C22H33FO2/c1-13(24)15-5-6-16-14-3-4-18-19-11-22(19,25)10-9-21(18,12-23)17(14)7-8-20(15,16)2/h14-19,25H,3-12H2,1-2H3/t14-,15+,16?,17?,18?,19?,20+,21-,22-/m0/s1. The first kappa shape index (κ1) is 16.7. The summed E-state index contributed by atoms with van der Waals surface area (Å²) in [7, 11) is 0. The zero-order valence-electron chi connectivity index (χ0n) is 15.8. The summed E-state index contributed by atoms with van der Waals surface area (Å²) in [5, 5.41) is 10.6. The molecule has 5 fully saturated rings. The highest BCUT2D eigenvalue weighted by Crippen LogP contribution is 2.72. The Morgan fingerprint density at radius 2 is 1.76 bits per heavy atom. The molecule has 2 nitrogen and oxygen atoms in total. The van der Waals surface area contributed by atoms with Crippen molar-refractivity contribution >= 4 is 5.78 Å². The summed E-state index contributed by atoms with van der Waals surface area (Å²) in [6, 6.07) is 0. The van der Waals surface area contributed by atoms with Crippen LogP contribution in [-0.2, 0) is 4.79 Å². The van der Waals surface area contributed by atoms with E-state index < -0.39 is 5.60 Å². The first-order valence-electron chi connectivity index (χ1n) is 10.6. The van der Waals surface area contributed by atoms with Gasteiger partial charge in [0.1, 0.15) is 5.78 Å². The van der Waals surface area contributed by atoms with Crippen molar-refractivity contribution in [2.24, 2.45) is 46.3 Å². The third-order valence-corrected chi connectivity index (χ3v) is 10.1. The van der Waals surface area contributed by atoms with Gasteiger partial charge in [-0.1, -0.05) is 6.92 Å². The van der Waals surface area contributed by atoms with E-state index in [1.807, 2.05) is 0 Å². The van der Waals surface area contributed by atoms with Crippen LogP contribution in [0.25, 0.3) is 0 Å². The lowest BCUT2D eigenvalue weighted by Crippen LogP contribution is -2.56. The highest BCUT2D eigenvalue weighted by molar-refractivity contribution is 5.79. The number of Topliss-reactive ketones (excluding diaryl/α,β-unsaturated/α-hetero) is 1. The van der Waals surface area contributed by atoms with E-state index in [0.717, 1.165) is 44.9 Å². The van der Waals surface area contributed by atoms with Crippen molar-refractivity contribution in [2.45, 2.75) is 77.2 Å². The monoisotopic (exact) mass is 348 g/mol. The summed E-state index contributed by atoms with van der Waals surface area (Å²) < 4.78 is 14.6. The largest absolute Gasteiger partial charge is 0.390 e. The third kappa shape index (κ3) is 1.97. The minimum Gasteiger partial charge on any atom is -0.390 e. The van der Waals surface area contributed by atoms with E-state index in [1.54, 1.807) is 6.92 Å². The van der Waals surface area contributed by atoms with Gasteiger partial charge in [0.2, 0.25) is 0 Å². The predicted octanol–water partition coefficient (Wildman–Crippen LogP) is 4.54. The van der Waals surface area contributed by atoms with Crippen LogP contribution < -0.4 is 0 Å². The van der Waals surface area contributed by atoms with Crippen LogP contribution >= 0.6 is 0 Å². The zero-order chi connectivity index (χ0) is 17.6. The van der Waals surface area contributed by atoms with Gasteiger partial charge in [0.25, 0.3) is 0 Å². The lowest BCUT2D eigenvalue weighted by molar-refractivity contribution is -0.150. The molecule has 0 radical (unpaired) electrons. The molecule has 5 aliphatic rings. The average Bonchev–Trinajstić information content (AvgIpc) is 3.14. The van der Waals surface area contributed by atoms with Gasteiger partial charge in [-0.3, -0.25) is 9.18 Å². The minimum atomic E-state index is -0.438. The summed E-state index contributed by atoms with van der Waals surface area (Å²) in [6.45, 7) is 3.95. The van der Waals surface area contributed by atoms with Gasteiger partial charge in [-0.2, -0.15) is 0 Å². The molecule has 9 atom stereocenters. The van der Waals surface area contributed by atoms with Crippen molar-refractivity contribution < 1.29 is 14.3 Å². The molecule has 5 saturated carbocycles. The fraction of sp³-hybridized carbons (Fsp3) is 0.955. The Morgan fingerprint density at radius 1 is 1.00 bits per heavy atom. The van der Waals surface area contributed by atoms with Crippen molar-refractivity contribution in [3.63, 3.8) is 0 Å². The molecule has 3 heteroatoms. The summed E-state index contributed by atoms with van der Waals surface area (Å²) in [5.41, 5.74) is -0.440. The molecule has 140 valence electrons. The topological polar surface area (TPSA) is 37.3 Å². The molecule has 0 amide bonds. The third-order valence-electron chi connectivity index (χ3n) is 10.1. The van der Waals surface area contributed by atoms with Crippen molar-refractivity contribution in [1.29, 1.82) is 0 Å². The molecule has 5 aliphatic carbocycles. The number of alkyl halides is 1. The lowest BCUT2D eigenvalue weighted by Gasteiger charge is -2.61. The van der Waals surface area contributed by atoms with E-state index in [0.29, 0.717) is 35.4 Å². The molecule has 0 aromatic heterocycles. The number of rotatable bonds is 2. The first-order valence-corrected chi connectivity index (χ1v) is 10.6. The Bertz CT molecular complexity index is 605. The van der Waals surface area contributed by atoms with E-state index in [9.17, 15) is 14.3 Å². The van der Waals surface area contributed by atoms with Gasteiger partial charge < -0.3 is 5.11 Å². The van der Waals surface area contributed by atoms with Crippen LogP contribution in [0.2, 0.25) is 0 Å². The Hall–Kier alpha value is -0.440. The normalized spacial score (nSPS) is 59.4. The lowest BCUT2D eigenvalue weighted by atomic mass is 9.44. The molecule has 5 rings (SSSR count). The van der Waals surface area contributed by atoms with Gasteiger partial charge in [-0.15, -0.1) is 0 Å². The van der Waals surface area contributed by atoms with Gasteiger partial charge in [-0.25, -0.2) is 0 Å². The van der Waals surface area contributed by atoms with E-state index in [1.165, 1.54) is 12.8 Å². The molecule has 0 bridgehead atoms. The summed E-state index contributed by atoms with van der Waals surface area (Å²) in [6.07, 6.45) is 9.37. The maximum Gasteiger partial charge on any atom is 0.133 e. The molecule has 25 heavy (non-hydrogen) atoms. The number of fused-ring (bicyclic) bond motifs is 7. The minimum absolute atomic E-state index is 0.159. The number of halogens is 1. The Kier molecular flexibility index (Phi) is 3.40. The van der Waals surface area contributed by atoms with E-state index in [-0.39, 0.29) is 23.4 Å². The van der Waals surface area contributed by atoms with Gasteiger partial charge >= 0.3 is 0 Å². The number of carbonyl (C=O) groups excluding carboxylic acids is 1. The highest BCUT2D eigenvalue weighted by atomic mass is 19.1. The van der Waals surface area contributed by atoms with Crippen molar-refractivity contribution in [1.82, 2.24) is 0 Å². The van der Waals surface area contributed by atoms with Crippen LogP contribution in [0.5, 0.6) is 0 Å². The van der Waals surface area contributed by atoms with Crippen molar-refractivity contribution in [2.75, 3.05) is 6.67 Å². The van der Waals surface area contributed by atoms with Gasteiger partial charge in [0.15, 0.2) is 0 Å². The second-order valence-corrected chi connectivity index (χ2v) is 10.6. The Labute approximate surface area is 150 Å².